The van der Waals surface area contributed by atoms with Crippen LogP contribution in [-0.4, -0.2) is 11.6 Å². The van der Waals surface area contributed by atoms with Gasteiger partial charge in [-0.15, -0.1) is 0 Å². The molecule has 0 aliphatic heterocycles. The standard InChI is InChI=1S/C30H18Cl2O3/c31-23-9-1-19(2-10-23)5-13-27(33)21-7-15-29-25(17-21)26-18-22(8-16-30(26)35-29)28(34)14-6-20-3-11-24(32)12-4-20/h1-18H/b13-5+,14-6+. The first kappa shape index (κ1) is 22.9. The van der Waals surface area contributed by atoms with E-state index in [0.717, 1.165) is 21.9 Å². The molecule has 0 amide bonds. The SMILES string of the molecule is O=C(/C=C/c1ccc(Cl)cc1)c1ccc2oc3ccc(C(=O)/C=C/c4ccc(Cl)cc4)cc3c2c1. The summed E-state index contributed by atoms with van der Waals surface area (Å²) in [7, 11) is 0. The highest BCUT2D eigenvalue weighted by molar-refractivity contribution is 6.30. The molecule has 1 heterocycles. The summed E-state index contributed by atoms with van der Waals surface area (Å²) in [5.41, 5.74) is 4.13. The highest BCUT2D eigenvalue weighted by atomic mass is 35.5. The van der Waals surface area contributed by atoms with E-state index in [1.807, 2.05) is 24.3 Å². The molecule has 0 saturated heterocycles. The van der Waals surface area contributed by atoms with Crippen LogP contribution in [0, 0.1) is 0 Å². The lowest BCUT2D eigenvalue weighted by Gasteiger charge is -1.99. The highest BCUT2D eigenvalue weighted by Gasteiger charge is 2.12. The van der Waals surface area contributed by atoms with E-state index in [1.165, 1.54) is 12.2 Å². The second-order valence-electron chi connectivity index (χ2n) is 8.02. The fourth-order valence-electron chi connectivity index (χ4n) is 3.77. The van der Waals surface area contributed by atoms with E-state index in [4.69, 9.17) is 27.6 Å². The Morgan fingerprint density at radius 1 is 0.571 bits per heavy atom. The molecular formula is C30H18Cl2O3. The number of carbonyl (C=O) groups excluding carboxylic acids is 2. The van der Waals surface area contributed by atoms with Crippen molar-refractivity contribution in [2.24, 2.45) is 0 Å². The Bertz CT molecular complexity index is 1500. The van der Waals surface area contributed by atoms with Gasteiger partial charge in [-0.25, -0.2) is 0 Å². The van der Waals surface area contributed by atoms with Crippen LogP contribution >= 0.6 is 23.2 Å². The number of furan rings is 1. The number of fused-ring (bicyclic) bond motifs is 3. The molecule has 0 radical (unpaired) electrons. The molecule has 0 saturated carbocycles. The van der Waals surface area contributed by atoms with E-state index in [1.54, 1.807) is 72.8 Å². The van der Waals surface area contributed by atoms with Gasteiger partial charge in [-0.3, -0.25) is 9.59 Å². The van der Waals surface area contributed by atoms with Crippen molar-refractivity contribution < 1.29 is 14.0 Å². The molecule has 0 fully saturated rings. The van der Waals surface area contributed by atoms with Crippen molar-refractivity contribution in [1.82, 2.24) is 0 Å². The number of allylic oxidation sites excluding steroid dienone is 2. The van der Waals surface area contributed by atoms with Gasteiger partial charge in [0.05, 0.1) is 0 Å². The average molecular weight is 497 g/mol. The molecule has 5 aromatic rings. The molecule has 1 aromatic heterocycles. The molecule has 0 spiro atoms. The Morgan fingerprint density at radius 2 is 0.971 bits per heavy atom. The van der Waals surface area contributed by atoms with E-state index in [9.17, 15) is 9.59 Å². The smallest absolute Gasteiger partial charge is 0.185 e. The van der Waals surface area contributed by atoms with Gasteiger partial charge < -0.3 is 4.42 Å². The van der Waals surface area contributed by atoms with Crippen LogP contribution < -0.4 is 0 Å². The monoisotopic (exact) mass is 496 g/mol. The van der Waals surface area contributed by atoms with Crippen molar-refractivity contribution >= 4 is 68.9 Å². The molecule has 4 aromatic carbocycles. The summed E-state index contributed by atoms with van der Waals surface area (Å²) in [6, 6.07) is 25.1. The van der Waals surface area contributed by atoms with Crippen LogP contribution in [0.15, 0.2) is 101 Å². The summed E-state index contributed by atoms with van der Waals surface area (Å²) < 4.78 is 5.92. The molecule has 3 nitrogen and oxygen atoms in total. The van der Waals surface area contributed by atoms with Crippen LogP contribution in [0.3, 0.4) is 0 Å². The Morgan fingerprint density at radius 3 is 1.37 bits per heavy atom. The molecule has 0 bridgehead atoms. The van der Waals surface area contributed by atoms with Crippen LogP contribution in [0.25, 0.3) is 34.1 Å². The van der Waals surface area contributed by atoms with Gasteiger partial charge in [-0.05, 0) is 83.9 Å². The van der Waals surface area contributed by atoms with Crippen LogP contribution in [-0.2, 0) is 0 Å². The summed E-state index contributed by atoms with van der Waals surface area (Å²) in [4.78, 5) is 25.6. The maximum atomic E-state index is 12.8. The molecular weight excluding hydrogens is 479 g/mol. The van der Waals surface area contributed by atoms with Gasteiger partial charge in [0.15, 0.2) is 11.6 Å². The number of halogens is 2. The molecule has 0 N–H and O–H groups in total. The molecule has 5 heteroatoms. The Balaban J connectivity index is 1.43. The average Bonchev–Trinajstić information content (AvgIpc) is 3.25. The third-order valence-corrected chi connectivity index (χ3v) is 6.14. The predicted octanol–water partition coefficient (Wildman–Crippen LogP) is 8.69. The van der Waals surface area contributed by atoms with Crippen molar-refractivity contribution in [3.8, 4) is 0 Å². The lowest BCUT2D eigenvalue weighted by atomic mass is 10.0. The molecule has 0 unspecified atom stereocenters. The maximum absolute atomic E-state index is 12.8. The van der Waals surface area contributed by atoms with Gasteiger partial charge in [0.2, 0.25) is 0 Å². The minimum absolute atomic E-state index is 0.130. The van der Waals surface area contributed by atoms with Gasteiger partial charge in [0.1, 0.15) is 11.2 Å². The summed E-state index contributed by atoms with van der Waals surface area (Å²) >= 11 is 11.8. The van der Waals surface area contributed by atoms with E-state index < -0.39 is 0 Å². The van der Waals surface area contributed by atoms with Gasteiger partial charge in [-0.1, -0.05) is 59.6 Å². The molecule has 170 valence electrons. The zero-order valence-corrected chi connectivity index (χ0v) is 19.9. The largest absolute Gasteiger partial charge is 0.456 e. The van der Waals surface area contributed by atoms with Gasteiger partial charge in [-0.2, -0.15) is 0 Å². The number of ketones is 2. The number of benzene rings is 4. The number of carbonyl (C=O) groups is 2. The summed E-state index contributed by atoms with van der Waals surface area (Å²) in [5.74, 6) is -0.261. The molecule has 0 aliphatic carbocycles. The quantitative estimate of drug-likeness (QED) is 0.174. The highest BCUT2D eigenvalue weighted by Crippen LogP contribution is 2.31. The number of rotatable bonds is 6. The molecule has 0 atom stereocenters. The van der Waals surface area contributed by atoms with E-state index in [-0.39, 0.29) is 11.6 Å². The number of hydrogen-bond donors (Lipinski definition) is 0. The van der Waals surface area contributed by atoms with Crippen molar-refractivity contribution in [1.29, 1.82) is 0 Å². The minimum Gasteiger partial charge on any atom is -0.456 e. The first-order valence-electron chi connectivity index (χ1n) is 10.9. The first-order chi connectivity index (χ1) is 17.0. The van der Waals surface area contributed by atoms with E-state index >= 15 is 0 Å². The second-order valence-corrected chi connectivity index (χ2v) is 8.90. The lowest BCUT2D eigenvalue weighted by Crippen LogP contribution is -1.94. The second kappa shape index (κ2) is 9.75. The Kier molecular flexibility index (Phi) is 6.37. The zero-order chi connectivity index (χ0) is 24.4. The molecule has 0 aliphatic rings. The van der Waals surface area contributed by atoms with Crippen LogP contribution in [0.1, 0.15) is 31.8 Å². The summed E-state index contributed by atoms with van der Waals surface area (Å²) in [5, 5.41) is 2.84. The van der Waals surface area contributed by atoms with Crippen LogP contribution in [0.2, 0.25) is 10.0 Å². The predicted molar refractivity (Wildman–Crippen MR) is 143 cm³/mol. The fourth-order valence-corrected chi connectivity index (χ4v) is 4.02. The van der Waals surface area contributed by atoms with Crippen LogP contribution in [0.5, 0.6) is 0 Å². The van der Waals surface area contributed by atoms with Gasteiger partial charge >= 0.3 is 0 Å². The van der Waals surface area contributed by atoms with Crippen molar-refractivity contribution in [3.05, 3.63) is 129 Å². The Hall–Kier alpha value is -3.92. The number of hydrogen-bond acceptors (Lipinski definition) is 3. The summed E-state index contributed by atoms with van der Waals surface area (Å²) in [6.45, 7) is 0. The summed E-state index contributed by atoms with van der Waals surface area (Å²) in [6.07, 6.45) is 6.56. The zero-order valence-electron chi connectivity index (χ0n) is 18.4. The third kappa shape index (κ3) is 5.12. The first-order valence-corrected chi connectivity index (χ1v) is 11.6. The van der Waals surface area contributed by atoms with Gasteiger partial charge in [0.25, 0.3) is 0 Å². The van der Waals surface area contributed by atoms with E-state index in [0.29, 0.717) is 32.3 Å². The molecule has 35 heavy (non-hydrogen) atoms. The Labute approximate surface area is 211 Å². The van der Waals surface area contributed by atoms with Crippen molar-refractivity contribution in [3.63, 3.8) is 0 Å². The maximum Gasteiger partial charge on any atom is 0.185 e. The topological polar surface area (TPSA) is 47.3 Å². The third-order valence-electron chi connectivity index (χ3n) is 5.63. The van der Waals surface area contributed by atoms with E-state index in [2.05, 4.69) is 0 Å². The van der Waals surface area contributed by atoms with Gasteiger partial charge in [0, 0.05) is 31.9 Å². The minimum atomic E-state index is -0.130. The van der Waals surface area contributed by atoms with Crippen molar-refractivity contribution in [2.75, 3.05) is 0 Å². The normalized spacial score (nSPS) is 11.7. The van der Waals surface area contributed by atoms with Crippen LogP contribution in [0.4, 0.5) is 0 Å². The fraction of sp³-hybridized carbons (Fsp3) is 0. The lowest BCUT2D eigenvalue weighted by molar-refractivity contribution is 0.104. The molecule has 5 rings (SSSR count). The van der Waals surface area contributed by atoms with Crippen molar-refractivity contribution in [2.45, 2.75) is 0 Å².